The first kappa shape index (κ1) is 10.8. The molecule has 2 aromatic heterocycles. The number of hydrogen-bond donors (Lipinski definition) is 0. The quantitative estimate of drug-likeness (QED) is 0.660. The highest BCUT2D eigenvalue weighted by molar-refractivity contribution is 5.80. The highest BCUT2D eigenvalue weighted by Gasteiger charge is 2.13. The van der Waals surface area contributed by atoms with Gasteiger partial charge >= 0.3 is 0 Å². The van der Waals surface area contributed by atoms with Crippen LogP contribution in [-0.4, -0.2) is 14.5 Å². The van der Waals surface area contributed by atoms with E-state index in [-0.39, 0.29) is 0 Å². The van der Waals surface area contributed by atoms with E-state index in [1.165, 1.54) is 0 Å². The van der Waals surface area contributed by atoms with E-state index in [0.29, 0.717) is 16.9 Å². The molecule has 2 heterocycles. The Labute approximate surface area is 102 Å². The largest absolute Gasteiger partial charge is 0.327 e. The second-order valence-electron chi connectivity index (χ2n) is 3.99. The summed E-state index contributed by atoms with van der Waals surface area (Å²) in [7, 11) is 1.76. The van der Waals surface area contributed by atoms with E-state index in [0.717, 1.165) is 17.7 Å². The standard InChI is InChI=1S/C13H9F2N3/c1-18-12-6-10(15)9(14)5-11(12)17-13(18)8-3-2-4-16-7-8/h2-7H,1H3. The number of hydrogen-bond acceptors (Lipinski definition) is 2. The van der Waals surface area contributed by atoms with Crippen LogP contribution in [0, 0.1) is 11.6 Å². The van der Waals surface area contributed by atoms with Crippen LogP contribution in [-0.2, 0) is 7.05 Å². The van der Waals surface area contributed by atoms with Gasteiger partial charge in [-0.3, -0.25) is 4.98 Å². The van der Waals surface area contributed by atoms with Crippen molar-refractivity contribution in [3.63, 3.8) is 0 Å². The maximum absolute atomic E-state index is 13.2. The number of pyridine rings is 1. The van der Waals surface area contributed by atoms with Crippen LogP contribution in [0.2, 0.25) is 0 Å². The normalized spacial score (nSPS) is 11.1. The smallest absolute Gasteiger partial charge is 0.161 e. The van der Waals surface area contributed by atoms with Gasteiger partial charge in [0.2, 0.25) is 0 Å². The minimum atomic E-state index is -0.890. The number of aryl methyl sites for hydroxylation is 1. The molecule has 0 radical (unpaired) electrons. The molecule has 0 bridgehead atoms. The topological polar surface area (TPSA) is 30.7 Å². The molecule has 90 valence electrons. The van der Waals surface area contributed by atoms with Gasteiger partial charge in [0.05, 0.1) is 11.0 Å². The number of fused-ring (bicyclic) bond motifs is 1. The fraction of sp³-hybridized carbons (Fsp3) is 0.0769. The van der Waals surface area contributed by atoms with Crippen molar-refractivity contribution in [1.82, 2.24) is 14.5 Å². The molecule has 0 unspecified atom stereocenters. The average molecular weight is 245 g/mol. The van der Waals surface area contributed by atoms with Gasteiger partial charge in [0.15, 0.2) is 11.6 Å². The van der Waals surface area contributed by atoms with E-state index in [2.05, 4.69) is 9.97 Å². The lowest BCUT2D eigenvalue weighted by Gasteiger charge is -2.01. The van der Waals surface area contributed by atoms with Gasteiger partial charge in [-0.2, -0.15) is 0 Å². The SMILES string of the molecule is Cn1c(-c2cccnc2)nc2cc(F)c(F)cc21. The van der Waals surface area contributed by atoms with Gasteiger partial charge in [0, 0.05) is 37.1 Å². The number of imidazole rings is 1. The second-order valence-corrected chi connectivity index (χ2v) is 3.99. The van der Waals surface area contributed by atoms with Crippen LogP contribution < -0.4 is 0 Å². The fourth-order valence-electron chi connectivity index (χ4n) is 1.94. The molecule has 18 heavy (non-hydrogen) atoms. The van der Waals surface area contributed by atoms with Gasteiger partial charge < -0.3 is 4.57 Å². The molecule has 3 aromatic rings. The molecular weight excluding hydrogens is 236 g/mol. The Morgan fingerprint density at radius 1 is 1.17 bits per heavy atom. The van der Waals surface area contributed by atoms with Crippen molar-refractivity contribution < 1.29 is 8.78 Å². The molecule has 0 atom stereocenters. The van der Waals surface area contributed by atoms with Crippen molar-refractivity contribution in [3.05, 3.63) is 48.3 Å². The Bertz CT molecular complexity index is 720. The van der Waals surface area contributed by atoms with Crippen LogP contribution in [0.25, 0.3) is 22.4 Å². The zero-order chi connectivity index (χ0) is 12.7. The Morgan fingerprint density at radius 2 is 1.94 bits per heavy atom. The minimum Gasteiger partial charge on any atom is -0.327 e. The molecule has 0 saturated heterocycles. The highest BCUT2D eigenvalue weighted by Crippen LogP contribution is 2.24. The molecule has 5 heteroatoms. The van der Waals surface area contributed by atoms with Crippen LogP contribution in [0.3, 0.4) is 0 Å². The number of halogens is 2. The molecule has 0 saturated carbocycles. The summed E-state index contributed by atoms with van der Waals surface area (Å²) in [5.41, 5.74) is 1.78. The summed E-state index contributed by atoms with van der Waals surface area (Å²) >= 11 is 0. The molecule has 3 rings (SSSR count). The van der Waals surface area contributed by atoms with Crippen molar-refractivity contribution >= 4 is 11.0 Å². The lowest BCUT2D eigenvalue weighted by atomic mass is 10.3. The lowest BCUT2D eigenvalue weighted by molar-refractivity contribution is 0.510. The third kappa shape index (κ3) is 1.55. The van der Waals surface area contributed by atoms with Crippen LogP contribution in [0.15, 0.2) is 36.7 Å². The van der Waals surface area contributed by atoms with Crippen LogP contribution in [0.5, 0.6) is 0 Å². The van der Waals surface area contributed by atoms with Gasteiger partial charge in [-0.05, 0) is 12.1 Å². The average Bonchev–Trinajstić information content (AvgIpc) is 2.69. The van der Waals surface area contributed by atoms with E-state index in [4.69, 9.17) is 0 Å². The third-order valence-corrected chi connectivity index (χ3v) is 2.84. The first-order valence-electron chi connectivity index (χ1n) is 5.38. The van der Waals surface area contributed by atoms with Crippen molar-refractivity contribution in [3.8, 4) is 11.4 Å². The number of nitrogens with zero attached hydrogens (tertiary/aromatic N) is 3. The first-order valence-corrected chi connectivity index (χ1v) is 5.38. The number of aromatic nitrogens is 3. The maximum Gasteiger partial charge on any atom is 0.161 e. The van der Waals surface area contributed by atoms with Gasteiger partial charge in [-0.1, -0.05) is 0 Å². The predicted molar refractivity (Wildman–Crippen MR) is 63.9 cm³/mol. The third-order valence-electron chi connectivity index (χ3n) is 2.84. The Balaban J connectivity index is 2.30. The van der Waals surface area contributed by atoms with E-state index < -0.39 is 11.6 Å². The Morgan fingerprint density at radius 3 is 2.67 bits per heavy atom. The number of rotatable bonds is 1. The van der Waals surface area contributed by atoms with Crippen molar-refractivity contribution in [2.75, 3.05) is 0 Å². The Hall–Kier alpha value is -2.30. The summed E-state index contributed by atoms with van der Waals surface area (Å²) in [6.07, 6.45) is 3.32. The minimum absolute atomic E-state index is 0.426. The summed E-state index contributed by atoms with van der Waals surface area (Å²) in [5, 5.41) is 0. The highest BCUT2D eigenvalue weighted by atomic mass is 19.2. The Kier molecular flexibility index (Phi) is 2.33. The molecule has 0 fully saturated rings. The summed E-state index contributed by atoms with van der Waals surface area (Å²) < 4.78 is 28.1. The zero-order valence-electron chi connectivity index (χ0n) is 9.56. The molecule has 0 N–H and O–H groups in total. The zero-order valence-corrected chi connectivity index (χ0v) is 9.56. The van der Waals surface area contributed by atoms with Crippen LogP contribution in [0.1, 0.15) is 0 Å². The molecule has 0 aliphatic heterocycles. The lowest BCUT2D eigenvalue weighted by Crippen LogP contribution is -1.93. The van der Waals surface area contributed by atoms with Gasteiger partial charge in [0.1, 0.15) is 5.82 Å². The van der Waals surface area contributed by atoms with Gasteiger partial charge in [-0.25, -0.2) is 13.8 Å². The summed E-state index contributed by atoms with van der Waals surface area (Å²) in [6, 6.07) is 5.89. The van der Waals surface area contributed by atoms with E-state index in [9.17, 15) is 8.78 Å². The van der Waals surface area contributed by atoms with Gasteiger partial charge in [-0.15, -0.1) is 0 Å². The predicted octanol–water partition coefficient (Wildman–Crippen LogP) is 2.91. The molecule has 0 spiro atoms. The van der Waals surface area contributed by atoms with Crippen molar-refractivity contribution in [1.29, 1.82) is 0 Å². The molecule has 0 aliphatic rings. The molecular formula is C13H9F2N3. The first-order chi connectivity index (χ1) is 8.66. The van der Waals surface area contributed by atoms with Crippen molar-refractivity contribution in [2.24, 2.45) is 7.05 Å². The summed E-state index contributed by atoms with van der Waals surface area (Å²) in [5.74, 6) is -1.13. The summed E-state index contributed by atoms with van der Waals surface area (Å²) in [4.78, 5) is 8.31. The van der Waals surface area contributed by atoms with E-state index in [1.54, 1.807) is 30.1 Å². The van der Waals surface area contributed by atoms with E-state index in [1.807, 2.05) is 6.07 Å². The molecule has 1 aromatic carbocycles. The van der Waals surface area contributed by atoms with E-state index >= 15 is 0 Å². The van der Waals surface area contributed by atoms with Gasteiger partial charge in [0.25, 0.3) is 0 Å². The monoisotopic (exact) mass is 245 g/mol. The molecule has 0 amide bonds. The van der Waals surface area contributed by atoms with Crippen molar-refractivity contribution in [2.45, 2.75) is 0 Å². The fourth-order valence-corrected chi connectivity index (χ4v) is 1.94. The molecule has 3 nitrogen and oxygen atoms in total. The summed E-state index contributed by atoms with van der Waals surface area (Å²) in [6.45, 7) is 0. The maximum atomic E-state index is 13.2. The second kappa shape index (κ2) is 3.87. The molecule has 0 aliphatic carbocycles. The number of benzene rings is 1. The van der Waals surface area contributed by atoms with Crippen LogP contribution >= 0.6 is 0 Å². The van der Waals surface area contributed by atoms with Crippen LogP contribution in [0.4, 0.5) is 8.78 Å².